The van der Waals surface area contributed by atoms with Gasteiger partial charge in [-0.3, -0.25) is 9.59 Å². The number of ether oxygens (including phenoxy) is 1. The number of nitrogens with one attached hydrogen (secondary N) is 1. The largest absolute Gasteiger partial charge is 0.466 e. The molecule has 0 heterocycles. The molecule has 0 saturated heterocycles. The summed E-state index contributed by atoms with van der Waals surface area (Å²) in [4.78, 5) is 24.6. The summed E-state index contributed by atoms with van der Waals surface area (Å²) in [5.74, 6) is -0.0127. The lowest BCUT2D eigenvalue weighted by Gasteiger charge is -2.22. The van der Waals surface area contributed by atoms with Gasteiger partial charge in [0.05, 0.1) is 25.4 Å². The molecule has 2 unspecified atom stereocenters. The molecule has 0 fully saturated rings. The maximum Gasteiger partial charge on any atom is 0.305 e. The van der Waals surface area contributed by atoms with Crippen molar-refractivity contribution in [3.63, 3.8) is 0 Å². The number of aliphatic hydroxyl groups excluding tert-OH is 2. The van der Waals surface area contributed by atoms with Crippen LogP contribution in [0.15, 0.2) is 12.2 Å². The normalized spacial score (nSPS) is 12.5. The molecule has 0 aliphatic rings. The summed E-state index contributed by atoms with van der Waals surface area (Å²) in [6.45, 7) is 4.98. The van der Waals surface area contributed by atoms with Crippen LogP contribution >= 0.6 is 0 Å². The van der Waals surface area contributed by atoms with Crippen LogP contribution in [0.4, 0.5) is 0 Å². The molecule has 6 heteroatoms. The van der Waals surface area contributed by atoms with E-state index in [0.29, 0.717) is 25.9 Å². The smallest absolute Gasteiger partial charge is 0.305 e. The van der Waals surface area contributed by atoms with Crippen molar-refractivity contribution in [2.24, 2.45) is 0 Å². The van der Waals surface area contributed by atoms with Gasteiger partial charge in [0.25, 0.3) is 0 Å². The van der Waals surface area contributed by atoms with Crippen LogP contribution in [-0.2, 0) is 14.3 Å². The van der Waals surface area contributed by atoms with Gasteiger partial charge in [0.2, 0.25) is 5.91 Å². The molecule has 6 nitrogen and oxygen atoms in total. The van der Waals surface area contributed by atoms with Gasteiger partial charge < -0.3 is 20.3 Å². The number of esters is 1. The third kappa shape index (κ3) is 65.6. The second-order valence-electron chi connectivity index (χ2n) is 25.3. The van der Waals surface area contributed by atoms with Crippen molar-refractivity contribution in [3.05, 3.63) is 12.2 Å². The molecule has 0 aliphatic carbocycles. The molecule has 1 amide bonds. The number of unbranched alkanes of at least 4 members (excludes halogenated alkanes) is 56. The number of allylic oxidation sites excluding steroid dienone is 2. The Labute approximate surface area is 495 Å². The van der Waals surface area contributed by atoms with Gasteiger partial charge in [-0.15, -0.1) is 0 Å². The van der Waals surface area contributed by atoms with Crippen LogP contribution in [-0.4, -0.2) is 47.4 Å². The Kier molecular flexibility index (Phi) is 67.9. The van der Waals surface area contributed by atoms with Crippen molar-refractivity contribution >= 4 is 11.9 Å². The van der Waals surface area contributed by atoms with E-state index in [1.54, 1.807) is 0 Å². The van der Waals surface area contributed by atoms with E-state index in [0.717, 1.165) is 44.9 Å². The zero-order chi connectivity index (χ0) is 57.1. The Bertz CT molecular complexity index is 1190. The van der Waals surface area contributed by atoms with Gasteiger partial charge in [0.1, 0.15) is 0 Å². The van der Waals surface area contributed by atoms with Crippen LogP contribution in [0, 0.1) is 0 Å². The summed E-state index contributed by atoms with van der Waals surface area (Å²) in [7, 11) is 0. The fourth-order valence-corrected chi connectivity index (χ4v) is 11.8. The van der Waals surface area contributed by atoms with E-state index in [4.69, 9.17) is 4.74 Å². The van der Waals surface area contributed by atoms with E-state index in [-0.39, 0.29) is 18.5 Å². The maximum atomic E-state index is 12.5. The van der Waals surface area contributed by atoms with Gasteiger partial charge in [-0.25, -0.2) is 0 Å². The van der Waals surface area contributed by atoms with E-state index in [1.165, 1.54) is 340 Å². The minimum Gasteiger partial charge on any atom is -0.466 e. The standard InChI is InChI=1S/C73H143NO5/c1-3-5-7-9-11-13-15-17-38-41-45-49-53-57-61-65-71(76)70(69-75)74-72(77)66-62-58-54-50-46-42-39-36-34-32-30-28-26-24-22-20-19-21-23-25-27-29-31-33-35-37-40-44-48-52-56-60-64-68-79-73(78)67-63-59-55-51-47-43-18-16-14-12-10-8-6-4-2/h16,18,70-71,75-76H,3-15,17,19-69H2,1-2H3,(H,74,77)/b18-16-. The highest BCUT2D eigenvalue weighted by Crippen LogP contribution is 2.20. The summed E-state index contributed by atoms with van der Waals surface area (Å²) < 4.78 is 5.49. The predicted molar refractivity (Wildman–Crippen MR) is 347 cm³/mol. The Morgan fingerprint density at radius 3 is 0.899 bits per heavy atom. The fourth-order valence-electron chi connectivity index (χ4n) is 11.8. The highest BCUT2D eigenvalue weighted by molar-refractivity contribution is 5.76. The second kappa shape index (κ2) is 69.1. The lowest BCUT2D eigenvalue weighted by Crippen LogP contribution is -2.45. The van der Waals surface area contributed by atoms with E-state index in [9.17, 15) is 19.8 Å². The van der Waals surface area contributed by atoms with Crippen molar-refractivity contribution in [2.45, 2.75) is 431 Å². The molecule has 0 spiro atoms. The summed E-state index contributed by atoms with van der Waals surface area (Å²) in [6.07, 6.45) is 85.7. The second-order valence-corrected chi connectivity index (χ2v) is 25.3. The van der Waals surface area contributed by atoms with Gasteiger partial charge >= 0.3 is 5.97 Å². The number of carbonyl (C=O) groups excluding carboxylic acids is 2. The monoisotopic (exact) mass is 1110 g/mol. The topological polar surface area (TPSA) is 95.9 Å². The van der Waals surface area contributed by atoms with Crippen LogP contribution in [0.3, 0.4) is 0 Å². The Morgan fingerprint density at radius 1 is 0.342 bits per heavy atom. The maximum absolute atomic E-state index is 12.5. The predicted octanol–water partition coefficient (Wildman–Crippen LogP) is 23.5. The molecule has 2 atom stereocenters. The first kappa shape index (κ1) is 77.6. The molecule has 0 aliphatic heterocycles. The Balaban J connectivity index is 3.30. The van der Waals surface area contributed by atoms with Crippen molar-refractivity contribution in [1.29, 1.82) is 0 Å². The first-order valence-electron chi connectivity index (χ1n) is 36.4. The average Bonchev–Trinajstić information content (AvgIpc) is 3.45. The zero-order valence-electron chi connectivity index (χ0n) is 53.9. The Hall–Kier alpha value is -1.40. The van der Waals surface area contributed by atoms with Gasteiger partial charge in [0, 0.05) is 12.8 Å². The third-order valence-electron chi connectivity index (χ3n) is 17.3. The average molecular weight is 1110 g/mol. The van der Waals surface area contributed by atoms with Crippen LogP contribution in [0.5, 0.6) is 0 Å². The number of carbonyl (C=O) groups is 2. The summed E-state index contributed by atoms with van der Waals surface area (Å²) in [5.41, 5.74) is 0. The van der Waals surface area contributed by atoms with Gasteiger partial charge in [-0.1, -0.05) is 366 Å². The van der Waals surface area contributed by atoms with Crippen molar-refractivity contribution in [3.8, 4) is 0 Å². The van der Waals surface area contributed by atoms with Gasteiger partial charge in [-0.2, -0.15) is 0 Å². The first-order valence-corrected chi connectivity index (χ1v) is 36.4. The molecule has 470 valence electrons. The Morgan fingerprint density at radius 2 is 0.595 bits per heavy atom. The molecule has 0 aromatic rings. The van der Waals surface area contributed by atoms with Gasteiger partial charge in [0.15, 0.2) is 0 Å². The minimum atomic E-state index is -0.660. The summed E-state index contributed by atoms with van der Waals surface area (Å²) >= 11 is 0. The van der Waals surface area contributed by atoms with Crippen LogP contribution in [0.1, 0.15) is 418 Å². The molecule has 0 aromatic heterocycles. The van der Waals surface area contributed by atoms with Crippen molar-refractivity contribution < 1.29 is 24.5 Å². The van der Waals surface area contributed by atoms with Crippen molar-refractivity contribution in [1.82, 2.24) is 5.32 Å². The number of rotatable bonds is 69. The number of hydrogen-bond acceptors (Lipinski definition) is 5. The summed E-state index contributed by atoms with van der Waals surface area (Å²) in [5, 5.41) is 23.3. The molecule has 0 aromatic carbocycles. The van der Waals surface area contributed by atoms with Crippen LogP contribution in [0.2, 0.25) is 0 Å². The molecular weight excluding hydrogens is 971 g/mol. The molecule has 3 N–H and O–H groups in total. The molecule has 0 rings (SSSR count). The fraction of sp³-hybridized carbons (Fsp3) is 0.945. The number of aliphatic hydroxyl groups is 2. The van der Waals surface area contributed by atoms with Crippen molar-refractivity contribution in [2.75, 3.05) is 13.2 Å². The molecule has 0 radical (unpaired) electrons. The lowest BCUT2D eigenvalue weighted by atomic mass is 10.0. The highest BCUT2D eigenvalue weighted by Gasteiger charge is 2.20. The summed E-state index contributed by atoms with van der Waals surface area (Å²) in [6, 6.07) is -0.537. The number of amides is 1. The first-order chi connectivity index (χ1) is 39.0. The molecular formula is C73H143NO5. The van der Waals surface area contributed by atoms with Crippen LogP contribution < -0.4 is 5.32 Å². The van der Waals surface area contributed by atoms with E-state index >= 15 is 0 Å². The van der Waals surface area contributed by atoms with E-state index < -0.39 is 12.1 Å². The SMILES string of the molecule is CCCCCCC/C=C\CCCCCCCC(=O)OCCCCCCCCCCCCCCCCCCCCCCCCCCCCCCCCCCCC(=O)NC(CO)C(O)CCCCCCCCCCCCCCCCC. The molecule has 0 bridgehead atoms. The zero-order valence-corrected chi connectivity index (χ0v) is 53.9. The highest BCUT2D eigenvalue weighted by atomic mass is 16.5. The molecule has 79 heavy (non-hydrogen) atoms. The third-order valence-corrected chi connectivity index (χ3v) is 17.3. The molecule has 0 saturated carbocycles. The van der Waals surface area contributed by atoms with Gasteiger partial charge in [-0.05, 0) is 51.4 Å². The van der Waals surface area contributed by atoms with Crippen LogP contribution in [0.25, 0.3) is 0 Å². The van der Waals surface area contributed by atoms with E-state index in [2.05, 4.69) is 31.3 Å². The minimum absolute atomic E-state index is 0.0140. The quantitative estimate of drug-likeness (QED) is 0.0320. The lowest BCUT2D eigenvalue weighted by molar-refractivity contribution is -0.143. The van der Waals surface area contributed by atoms with E-state index in [1.807, 2.05) is 0 Å². The number of hydrogen-bond donors (Lipinski definition) is 3.